The van der Waals surface area contributed by atoms with Gasteiger partial charge in [-0.2, -0.15) is 13.2 Å². The Kier molecular flexibility index (Phi) is 4.27. The van der Waals surface area contributed by atoms with Gasteiger partial charge in [-0.15, -0.1) is 0 Å². The largest absolute Gasteiger partial charge is 0.416 e. The average molecular weight is 300 g/mol. The van der Waals surface area contributed by atoms with Crippen molar-refractivity contribution in [1.29, 1.82) is 0 Å². The zero-order chi connectivity index (χ0) is 15.8. The first-order chi connectivity index (χ1) is 9.70. The molecule has 6 heteroatoms. The summed E-state index contributed by atoms with van der Waals surface area (Å²) < 4.78 is 38.3. The number of alkyl halides is 3. The Hall–Kier alpha value is -1.56. The number of rotatable bonds is 3. The Morgan fingerprint density at radius 3 is 2.57 bits per heavy atom. The van der Waals surface area contributed by atoms with E-state index in [9.17, 15) is 18.0 Å². The number of amides is 1. The second-order valence-electron chi connectivity index (χ2n) is 5.82. The van der Waals surface area contributed by atoms with Gasteiger partial charge in [0.1, 0.15) is 6.17 Å². The molecular formula is C15H19F3N2O. The van der Waals surface area contributed by atoms with Crippen LogP contribution >= 0.6 is 0 Å². The highest BCUT2D eigenvalue weighted by Gasteiger charge is 2.38. The van der Waals surface area contributed by atoms with Crippen LogP contribution in [0.25, 0.3) is 0 Å². The molecule has 1 heterocycles. The van der Waals surface area contributed by atoms with Gasteiger partial charge in [0.05, 0.1) is 11.6 Å². The lowest BCUT2D eigenvalue weighted by Crippen LogP contribution is -2.30. The Bertz CT molecular complexity index is 528. The molecule has 2 unspecified atom stereocenters. The van der Waals surface area contributed by atoms with E-state index in [1.54, 1.807) is 13.1 Å². The fourth-order valence-electron chi connectivity index (χ4n) is 2.59. The quantitative estimate of drug-likeness (QED) is 0.930. The van der Waals surface area contributed by atoms with Crippen molar-refractivity contribution in [3.05, 3.63) is 35.4 Å². The average Bonchev–Trinajstić information content (AvgIpc) is 2.66. The molecular weight excluding hydrogens is 281 g/mol. The van der Waals surface area contributed by atoms with Gasteiger partial charge in [0, 0.05) is 7.05 Å². The predicted octanol–water partition coefficient (Wildman–Crippen LogP) is 3.18. The highest BCUT2D eigenvalue weighted by atomic mass is 19.4. The van der Waals surface area contributed by atoms with E-state index in [1.807, 2.05) is 13.8 Å². The number of carbonyl (C=O) groups excluding carboxylic acids is 1. The highest BCUT2D eigenvalue weighted by molar-refractivity contribution is 5.84. The van der Waals surface area contributed by atoms with Gasteiger partial charge in [-0.3, -0.25) is 10.1 Å². The van der Waals surface area contributed by atoms with Crippen LogP contribution in [-0.4, -0.2) is 23.9 Å². The van der Waals surface area contributed by atoms with Gasteiger partial charge in [-0.25, -0.2) is 0 Å². The molecule has 0 aliphatic carbocycles. The smallest absolute Gasteiger partial charge is 0.325 e. The molecule has 0 spiro atoms. The van der Waals surface area contributed by atoms with Crippen molar-refractivity contribution in [3.8, 4) is 0 Å². The number of carbonyl (C=O) groups is 1. The second-order valence-corrected chi connectivity index (χ2v) is 5.82. The van der Waals surface area contributed by atoms with Crippen LogP contribution < -0.4 is 5.32 Å². The van der Waals surface area contributed by atoms with Crippen molar-refractivity contribution in [2.24, 2.45) is 5.92 Å². The molecule has 1 aromatic rings. The molecule has 1 N–H and O–H groups in total. The molecule has 1 saturated heterocycles. The number of hydrogen-bond donors (Lipinski definition) is 1. The summed E-state index contributed by atoms with van der Waals surface area (Å²) in [6, 6.07) is 4.77. The van der Waals surface area contributed by atoms with Crippen LogP contribution in [0, 0.1) is 5.92 Å². The molecule has 1 aromatic carbocycles. The third-order valence-electron chi connectivity index (χ3n) is 3.63. The molecule has 21 heavy (non-hydrogen) atoms. The fourth-order valence-corrected chi connectivity index (χ4v) is 2.59. The van der Waals surface area contributed by atoms with Gasteiger partial charge >= 0.3 is 6.18 Å². The van der Waals surface area contributed by atoms with Crippen molar-refractivity contribution in [2.45, 2.75) is 38.7 Å². The summed E-state index contributed by atoms with van der Waals surface area (Å²) in [4.78, 5) is 13.6. The number of hydrogen-bond acceptors (Lipinski definition) is 2. The van der Waals surface area contributed by atoms with Crippen molar-refractivity contribution >= 4 is 5.91 Å². The number of likely N-dealkylation sites (N-methyl/N-ethyl adjacent to an activating group) is 1. The Morgan fingerprint density at radius 1 is 1.33 bits per heavy atom. The van der Waals surface area contributed by atoms with Crippen LogP contribution in [0.4, 0.5) is 13.2 Å². The summed E-state index contributed by atoms with van der Waals surface area (Å²) >= 11 is 0. The first-order valence-electron chi connectivity index (χ1n) is 6.90. The van der Waals surface area contributed by atoms with E-state index in [0.29, 0.717) is 17.9 Å². The molecule has 2 atom stereocenters. The first kappa shape index (κ1) is 15.8. The topological polar surface area (TPSA) is 32.3 Å². The van der Waals surface area contributed by atoms with Gasteiger partial charge in [0.25, 0.3) is 0 Å². The zero-order valence-corrected chi connectivity index (χ0v) is 12.2. The Balaban J connectivity index is 2.24. The molecule has 0 aromatic heterocycles. The van der Waals surface area contributed by atoms with Crippen molar-refractivity contribution in [2.75, 3.05) is 7.05 Å². The Morgan fingerprint density at radius 2 is 2.00 bits per heavy atom. The van der Waals surface area contributed by atoms with Crippen LogP contribution in [0.1, 0.15) is 37.6 Å². The van der Waals surface area contributed by atoms with Crippen molar-refractivity contribution < 1.29 is 18.0 Å². The minimum Gasteiger partial charge on any atom is -0.325 e. The van der Waals surface area contributed by atoms with Crippen molar-refractivity contribution in [1.82, 2.24) is 10.2 Å². The summed E-state index contributed by atoms with van der Waals surface area (Å²) in [6.45, 7) is 4.01. The van der Waals surface area contributed by atoms with Crippen LogP contribution in [0.3, 0.4) is 0 Å². The molecule has 0 radical (unpaired) electrons. The first-order valence-corrected chi connectivity index (χ1v) is 6.90. The van der Waals surface area contributed by atoms with Crippen molar-refractivity contribution in [3.63, 3.8) is 0 Å². The van der Waals surface area contributed by atoms with E-state index in [4.69, 9.17) is 0 Å². The standard InChI is InChI=1S/C15H19F3N2O/c1-9(2)7-12-14(21)20(3)13(19-12)10-5-4-6-11(8-10)15(16,17)18/h4-6,8-9,12-13,19H,7H2,1-3H3. The molecule has 3 nitrogen and oxygen atoms in total. The SMILES string of the molecule is CC(C)CC1NC(c2cccc(C(F)(F)F)c2)N(C)C1=O. The van der Waals surface area contributed by atoms with Crippen LogP contribution in [0.5, 0.6) is 0 Å². The maximum absolute atomic E-state index is 12.8. The van der Waals surface area contributed by atoms with Gasteiger partial charge in [0.15, 0.2) is 0 Å². The summed E-state index contributed by atoms with van der Waals surface area (Å²) in [5.41, 5.74) is -0.248. The van der Waals surface area contributed by atoms with E-state index in [2.05, 4.69) is 5.32 Å². The van der Waals surface area contributed by atoms with E-state index in [0.717, 1.165) is 12.1 Å². The lowest BCUT2D eigenvalue weighted by molar-refractivity contribution is -0.137. The maximum Gasteiger partial charge on any atom is 0.416 e. The van der Waals surface area contributed by atoms with E-state index >= 15 is 0 Å². The summed E-state index contributed by atoms with van der Waals surface area (Å²) in [5.74, 6) is 0.256. The van der Waals surface area contributed by atoms with Gasteiger partial charge < -0.3 is 4.90 Å². The third kappa shape index (κ3) is 3.37. The second kappa shape index (κ2) is 5.67. The number of nitrogens with zero attached hydrogens (tertiary/aromatic N) is 1. The lowest BCUT2D eigenvalue weighted by Gasteiger charge is -2.20. The molecule has 1 amide bonds. The summed E-state index contributed by atoms with van der Waals surface area (Å²) in [6.07, 6.45) is -4.23. The van der Waals surface area contributed by atoms with Crippen LogP contribution in [-0.2, 0) is 11.0 Å². The summed E-state index contributed by atoms with van der Waals surface area (Å²) in [7, 11) is 1.61. The van der Waals surface area contributed by atoms with Gasteiger partial charge in [0.2, 0.25) is 5.91 Å². The van der Waals surface area contributed by atoms with Gasteiger partial charge in [-0.05, 0) is 30.0 Å². The molecule has 0 bridgehead atoms. The number of benzene rings is 1. The minimum atomic E-state index is -4.38. The molecule has 0 saturated carbocycles. The lowest BCUT2D eigenvalue weighted by atomic mass is 10.0. The normalized spacial score (nSPS) is 23.2. The number of nitrogens with one attached hydrogen (secondary N) is 1. The van der Waals surface area contributed by atoms with E-state index < -0.39 is 17.9 Å². The van der Waals surface area contributed by atoms with Crippen LogP contribution in [0.15, 0.2) is 24.3 Å². The molecule has 116 valence electrons. The third-order valence-corrected chi connectivity index (χ3v) is 3.63. The Labute approximate surface area is 122 Å². The molecule has 2 rings (SSSR count). The van der Waals surface area contributed by atoms with E-state index in [1.165, 1.54) is 11.0 Å². The maximum atomic E-state index is 12.8. The van der Waals surface area contributed by atoms with Gasteiger partial charge in [-0.1, -0.05) is 26.0 Å². The predicted molar refractivity (Wildman–Crippen MR) is 73.3 cm³/mol. The minimum absolute atomic E-state index is 0.0777. The molecule has 1 aliphatic rings. The fraction of sp³-hybridized carbons (Fsp3) is 0.533. The summed E-state index contributed by atoms with van der Waals surface area (Å²) in [5, 5.41) is 3.13. The highest BCUT2D eigenvalue weighted by Crippen LogP contribution is 2.33. The monoisotopic (exact) mass is 300 g/mol. The molecule has 1 aliphatic heterocycles. The zero-order valence-electron chi connectivity index (χ0n) is 12.2. The number of halogens is 3. The van der Waals surface area contributed by atoms with E-state index in [-0.39, 0.29) is 11.9 Å². The van der Waals surface area contributed by atoms with Crippen LogP contribution in [0.2, 0.25) is 0 Å². The molecule has 1 fully saturated rings.